The first-order valence-electron chi connectivity index (χ1n) is 6.12. The second-order valence-corrected chi connectivity index (χ2v) is 5.08. The standard InChI is InChI=1S/C14H20BrNO3/c1-10-4-5-11(8-13(10)19-3)14(17)16-12(6-7-15)9-18-2/h4-5,8,12H,6-7,9H2,1-3H3,(H,16,17). The molecular weight excluding hydrogens is 310 g/mol. The summed E-state index contributed by atoms with van der Waals surface area (Å²) in [4.78, 5) is 12.1. The van der Waals surface area contributed by atoms with Crippen molar-refractivity contribution in [3.8, 4) is 5.75 Å². The first-order valence-corrected chi connectivity index (χ1v) is 7.25. The average molecular weight is 330 g/mol. The Morgan fingerprint density at radius 1 is 1.42 bits per heavy atom. The fourth-order valence-electron chi connectivity index (χ4n) is 1.76. The highest BCUT2D eigenvalue weighted by Crippen LogP contribution is 2.19. The summed E-state index contributed by atoms with van der Waals surface area (Å²) in [5.41, 5.74) is 1.60. The lowest BCUT2D eigenvalue weighted by Gasteiger charge is -2.17. The first-order chi connectivity index (χ1) is 9.12. The van der Waals surface area contributed by atoms with Crippen molar-refractivity contribution in [2.45, 2.75) is 19.4 Å². The molecule has 0 aliphatic carbocycles. The van der Waals surface area contributed by atoms with E-state index in [0.717, 1.165) is 23.1 Å². The number of ether oxygens (including phenoxy) is 2. The summed E-state index contributed by atoms with van der Waals surface area (Å²) in [5.74, 6) is 0.609. The predicted molar refractivity (Wildman–Crippen MR) is 79.3 cm³/mol. The van der Waals surface area contributed by atoms with Crippen LogP contribution >= 0.6 is 15.9 Å². The molecule has 1 amide bonds. The van der Waals surface area contributed by atoms with Crippen LogP contribution in [0.1, 0.15) is 22.3 Å². The largest absolute Gasteiger partial charge is 0.496 e. The molecule has 0 bridgehead atoms. The smallest absolute Gasteiger partial charge is 0.251 e. The van der Waals surface area contributed by atoms with Crippen LogP contribution in [0.5, 0.6) is 5.75 Å². The van der Waals surface area contributed by atoms with E-state index >= 15 is 0 Å². The molecule has 0 radical (unpaired) electrons. The molecular formula is C14H20BrNO3. The Labute approximate surface area is 122 Å². The van der Waals surface area contributed by atoms with Gasteiger partial charge in [0, 0.05) is 18.0 Å². The van der Waals surface area contributed by atoms with Gasteiger partial charge < -0.3 is 14.8 Å². The zero-order valence-electron chi connectivity index (χ0n) is 11.5. The summed E-state index contributed by atoms with van der Waals surface area (Å²) < 4.78 is 10.3. The van der Waals surface area contributed by atoms with Crippen LogP contribution in [0, 0.1) is 6.92 Å². The van der Waals surface area contributed by atoms with Crippen molar-refractivity contribution < 1.29 is 14.3 Å². The van der Waals surface area contributed by atoms with Crippen molar-refractivity contribution in [3.05, 3.63) is 29.3 Å². The zero-order valence-corrected chi connectivity index (χ0v) is 13.1. The van der Waals surface area contributed by atoms with Crippen molar-refractivity contribution in [3.63, 3.8) is 0 Å². The minimum atomic E-state index is -0.110. The monoisotopic (exact) mass is 329 g/mol. The van der Waals surface area contributed by atoms with E-state index < -0.39 is 0 Å². The molecule has 0 saturated heterocycles. The van der Waals surface area contributed by atoms with Gasteiger partial charge in [0.05, 0.1) is 19.8 Å². The molecule has 0 spiro atoms. The molecule has 4 nitrogen and oxygen atoms in total. The molecule has 0 aliphatic rings. The van der Waals surface area contributed by atoms with Crippen LogP contribution in [0.4, 0.5) is 0 Å². The fourth-order valence-corrected chi connectivity index (χ4v) is 2.31. The van der Waals surface area contributed by atoms with Gasteiger partial charge in [-0.05, 0) is 31.0 Å². The Balaban J connectivity index is 2.76. The van der Waals surface area contributed by atoms with Crippen LogP contribution in [0.25, 0.3) is 0 Å². The van der Waals surface area contributed by atoms with E-state index in [1.54, 1.807) is 26.4 Å². The van der Waals surface area contributed by atoms with Crippen LogP contribution in [0.15, 0.2) is 18.2 Å². The number of aryl methyl sites for hydroxylation is 1. The first kappa shape index (κ1) is 16.0. The van der Waals surface area contributed by atoms with Crippen LogP contribution < -0.4 is 10.1 Å². The highest BCUT2D eigenvalue weighted by Gasteiger charge is 2.14. The number of halogens is 1. The Morgan fingerprint density at radius 2 is 2.16 bits per heavy atom. The maximum absolute atomic E-state index is 12.1. The fraction of sp³-hybridized carbons (Fsp3) is 0.500. The second-order valence-electron chi connectivity index (χ2n) is 4.29. The van der Waals surface area contributed by atoms with Gasteiger partial charge in [0.25, 0.3) is 5.91 Å². The summed E-state index contributed by atoms with van der Waals surface area (Å²) >= 11 is 3.37. The molecule has 1 unspecified atom stereocenters. The Kier molecular flexibility index (Phi) is 6.87. The molecule has 106 valence electrons. The van der Waals surface area contributed by atoms with Gasteiger partial charge >= 0.3 is 0 Å². The van der Waals surface area contributed by atoms with E-state index in [9.17, 15) is 4.79 Å². The number of benzene rings is 1. The van der Waals surface area contributed by atoms with Crippen LogP contribution in [-0.2, 0) is 4.74 Å². The maximum atomic E-state index is 12.1. The second kappa shape index (κ2) is 8.17. The Bertz CT molecular complexity index is 417. The number of carbonyl (C=O) groups is 1. The molecule has 0 aliphatic heterocycles. The third-order valence-electron chi connectivity index (χ3n) is 2.83. The van der Waals surface area contributed by atoms with Gasteiger partial charge in [-0.3, -0.25) is 4.79 Å². The summed E-state index contributed by atoms with van der Waals surface area (Å²) in [6, 6.07) is 5.43. The normalized spacial score (nSPS) is 12.0. The Hall–Kier alpha value is -1.07. The predicted octanol–water partition coefficient (Wildman–Crippen LogP) is 2.53. The molecule has 1 aromatic rings. The van der Waals surface area contributed by atoms with Crippen LogP contribution in [-0.4, -0.2) is 38.1 Å². The summed E-state index contributed by atoms with van der Waals surface area (Å²) in [6.07, 6.45) is 0.822. The summed E-state index contributed by atoms with van der Waals surface area (Å²) in [6.45, 7) is 2.44. The molecule has 1 atom stereocenters. The maximum Gasteiger partial charge on any atom is 0.251 e. The number of methoxy groups -OCH3 is 2. The Morgan fingerprint density at radius 3 is 2.74 bits per heavy atom. The quantitative estimate of drug-likeness (QED) is 0.782. The summed E-state index contributed by atoms with van der Waals surface area (Å²) in [5, 5.41) is 3.77. The molecule has 1 rings (SSSR count). The van der Waals surface area contributed by atoms with E-state index in [1.165, 1.54) is 0 Å². The van der Waals surface area contributed by atoms with Crippen molar-refractivity contribution in [1.29, 1.82) is 0 Å². The van der Waals surface area contributed by atoms with Gasteiger partial charge in [-0.1, -0.05) is 22.0 Å². The lowest BCUT2D eigenvalue weighted by atomic mass is 10.1. The number of alkyl halides is 1. The summed E-state index contributed by atoms with van der Waals surface area (Å²) in [7, 11) is 3.23. The molecule has 1 N–H and O–H groups in total. The topological polar surface area (TPSA) is 47.6 Å². The number of amides is 1. The van der Waals surface area contributed by atoms with Crippen molar-refractivity contribution >= 4 is 21.8 Å². The van der Waals surface area contributed by atoms with Gasteiger partial charge in [-0.2, -0.15) is 0 Å². The number of rotatable bonds is 7. The van der Waals surface area contributed by atoms with Crippen molar-refractivity contribution in [2.75, 3.05) is 26.2 Å². The number of hydrogen-bond donors (Lipinski definition) is 1. The molecule has 0 aromatic heterocycles. The van der Waals surface area contributed by atoms with E-state index in [1.807, 2.05) is 13.0 Å². The molecule has 5 heteroatoms. The van der Waals surface area contributed by atoms with Crippen LogP contribution in [0.2, 0.25) is 0 Å². The van der Waals surface area contributed by atoms with Gasteiger partial charge in [0.1, 0.15) is 5.75 Å². The lowest BCUT2D eigenvalue weighted by molar-refractivity contribution is 0.0895. The van der Waals surface area contributed by atoms with E-state index in [4.69, 9.17) is 9.47 Å². The highest BCUT2D eigenvalue weighted by atomic mass is 79.9. The highest BCUT2D eigenvalue weighted by molar-refractivity contribution is 9.09. The molecule has 19 heavy (non-hydrogen) atoms. The van der Waals surface area contributed by atoms with E-state index in [2.05, 4.69) is 21.2 Å². The van der Waals surface area contributed by atoms with Crippen molar-refractivity contribution in [2.24, 2.45) is 0 Å². The van der Waals surface area contributed by atoms with Gasteiger partial charge in [0.2, 0.25) is 0 Å². The van der Waals surface area contributed by atoms with Crippen molar-refractivity contribution in [1.82, 2.24) is 5.32 Å². The van der Waals surface area contributed by atoms with E-state index in [-0.39, 0.29) is 11.9 Å². The third-order valence-corrected chi connectivity index (χ3v) is 3.29. The number of nitrogens with one attached hydrogen (secondary N) is 1. The minimum absolute atomic E-state index is 0.00386. The average Bonchev–Trinajstić information content (AvgIpc) is 2.39. The SMILES string of the molecule is COCC(CCBr)NC(=O)c1ccc(C)c(OC)c1. The number of hydrogen-bond acceptors (Lipinski definition) is 3. The lowest BCUT2D eigenvalue weighted by Crippen LogP contribution is -2.38. The third kappa shape index (κ3) is 4.84. The van der Waals surface area contributed by atoms with Gasteiger partial charge in [0.15, 0.2) is 0 Å². The van der Waals surface area contributed by atoms with E-state index in [0.29, 0.717) is 12.2 Å². The van der Waals surface area contributed by atoms with Crippen LogP contribution in [0.3, 0.4) is 0 Å². The number of carbonyl (C=O) groups excluding carboxylic acids is 1. The molecule has 1 aromatic carbocycles. The van der Waals surface area contributed by atoms with Gasteiger partial charge in [-0.25, -0.2) is 0 Å². The van der Waals surface area contributed by atoms with Gasteiger partial charge in [-0.15, -0.1) is 0 Å². The minimum Gasteiger partial charge on any atom is -0.496 e. The molecule has 0 saturated carbocycles. The molecule has 0 fully saturated rings. The zero-order chi connectivity index (χ0) is 14.3. The molecule has 0 heterocycles.